The number of amides is 1. The Labute approximate surface area is 94.2 Å². The summed E-state index contributed by atoms with van der Waals surface area (Å²) >= 11 is 0. The van der Waals surface area contributed by atoms with Gasteiger partial charge in [0.15, 0.2) is 0 Å². The number of pyridine rings is 1. The molecule has 0 aliphatic carbocycles. The first-order chi connectivity index (χ1) is 7.68. The van der Waals surface area contributed by atoms with Gasteiger partial charge < -0.3 is 15.4 Å². The van der Waals surface area contributed by atoms with E-state index >= 15 is 0 Å². The number of nitrogens with one attached hydrogen (secondary N) is 2. The first-order valence-electron chi connectivity index (χ1n) is 5.24. The van der Waals surface area contributed by atoms with Crippen LogP contribution in [0.3, 0.4) is 0 Å². The molecule has 1 amide bonds. The zero-order valence-corrected chi connectivity index (χ0v) is 9.19. The SMILES string of the molecule is CC1(OCC(=O)Nc2ccccn2)CNC1. The van der Waals surface area contributed by atoms with Crippen LogP contribution in [0.1, 0.15) is 6.92 Å². The summed E-state index contributed by atoms with van der Waals surface area (Å²) in [6, 6.07) is 5.36. The molecule has 0 aromatic carbocycles. The quantitative estimate of drug-likeness (QED) is 0.772. The summed E-state index contributed by atoms with van der Waals surface area (Å²) in [4.78, 5) is 15.5. The topological polar surface area (TPSA) is 63.2 Å². The lowest BCUT2D eigenvalue weighted by atomic mass is 10.0. The minimum atomic E-state index is -0.193. The molecule has 86 valence electrons. The van der Waals surface area contributed by atoms with Crippen molar-refractivity contribution in [1.82, 2.24) is 10.3 Å². The molecule has 2 heterocycles. The molecular weight excluding hydrogens is 206 g/mol. The molecule has 1 aliphatic rings. The van der Waals surface area contributed by atoms with E-state index in [2.05, 4.69) is 15.6 Å². The fourth-order valence-electron chi connectivity index (χ4n) is 1.43. The number of ether oxygens (including phenoxy) is 1. The van der Waals surface area contributed by atoms with E-state index in [1.54, 1.807) is 18.3 Å². The van der Waals surface area contributed by atoms with Gasteiger partial charge in [0.2, 0.25) is 0 Å². The van der Waals surface area contributed by atoms with Crippen LogP contribution < -0.4 is 10.6 Å². The summed E-state index contributed by atoms with van der Waals surface area (Å²) in [5, 5.41) is 5.77. The minimum absolute atomic E-state index is 0.0642. The number of hydrogen-bond donors (Lipinski definition) is 2. The van der Waals surface area contributed by atoms with E-state index in [1.165, 1.54) is 0 Å². The Bertz CT molecular complexity index is 363. The van der Waals surface area contributed by atoms with Gasteiger partial charge in [-0.25, -0.2) is 4.98 Å². The highest BCUT2D eigenvalue weighted by Gasteiger charge is 2.32. The Kier molecular flexibility index (Phi) is 3.17. The van der Waals surface area contributed by atoms with E-state index in [9.17, 15) is 4.79 Å². The molecule has 1 saturated heterocycles. The van der Waals surface area contributed by atoms with E-state index in [4.69, 9.17) is 4.74 Å². The predicted molar refractivity (Wildman–Crippen MR) is 60.1 cm³/mol. The Morgan fingerprint density at radius 2 is 2.44 bits per heavy atom. The van der Waals surface area contributed by atoms with Gasteiger partial charge >= 0.3 is 0 Å². The molecule has 0 atom stereocenters. The molecule has 0 radical (unpaired) electrons. The monoisotopic (exact) mass is 221 g/mol. The number of hydrogen-bond acceptors (Lipinski definition) is 4. The van der Waals surface area contributed by atoms with Gasteiger partial charge in [-0.15, -0.1) is 0 Å². The third-order valence-electron chi connectivity index (χ3n) is 2.48. The smallest absolute Gasteiger partial charge is 0.251 e. The zero-order valence-electron chi connectivity index (χ0n) is 9.19. The molecule has 1 aromatic heterocycles. The van der Waals surface area contributed by atoms with Crippen LogP contribution in [0.25, 0.3) is 0 Å². The molecule has 1 aliphatic heterocycles. The average Bonchev–Trinajstić information content (AvgIpc) is 2.25. The van der Waals surface area contributed by atoms with Crippen LogP contribution in [0.4, 0.5) is 5.82 Å². The summed E-state index contributed by atoms with van der Waals surface area (Å²) in [7, 11) is 0. The lowest BCUT2D eigenvalue weighted by molar-refractivity contribution is -0.130. The number of carbonyl (C=O) groups excluding carboxylic acids is 1. The van der Waals surface area contributed by atoms with Crippen LogP contribution in [0.2, 0.25) is 0 Å². The maximum absolute atomic E-state index is 11.5. The Balaban J connectivity index is 1.76. The zero-order chi connectivity index (χ0) is 11.4. The standard InChI is InChI=1S/C11H15N3O2/c1-11(7-12-8-11)16-6-10(15)14-9-4-2-3-5-13-9/h2-5,12H,6-8H2,1H3,(H,13,14,15). The van der Waals surface area contributed by atoms with E-state index in [0.717, 1.165) is 13.1 Å². The second-order valence-corrected chi connectivity index (χ2v) is 4.11. The lowest BCUT2D eigenvalue weighted by Crippen LogP contribution is -2.59. The van der Waals surface area contributed by atoms with Gasteiger partial charge in [-0.2, -0.15) is 0 Å². The summed E-state index contributed by atoms with van der Waals surface area (Å²) in [6.07, 6.45) is 1.63. The van der Waals surface area contributed by atoms with E-state index < -0.39 is 0 Å². The van der Waals surface area contributed by atoms with Gasteiger partial charge in [0.25, 0.3) is 5.91 Å². The number of carbonyl (C=O) groups is 1. The van der Waals surface area contributed by atoms with Gasteiger partial charge in [0, 0.05) is 19.3 Å². The molecular formula is C11H15N3O2. The molecule has 5 nitrogen and oxygen atoms in total. The maximum Gasteiger partial charge on any atom is 0.251 e. The number of nitrogens with zero attached hydrogens (tertiary/aromatic N) is 1. The molecule has 2 rings (SSSR count). The van der Waals surface area contributed by atoms with Gasteiger partial charge in [0.05, 0.1) is 5.60 Å². The third kappa shape index (κ3) is 2.77. The average molecular weight is 221 g/mol. The number of anilines is 1. The Morgan fingerprint density at radius 3 is 3.00 bits per heavy atom. The van der Waals surface area contributed by atoms with Crippen LogP contribution in [0.5, 0.6) is 0 Å². The van der Waals surface area contributed by atoms with Crippen molar-refractivity contribution in [2.75, 3.05) is 25.0 Å². The molecule has 0 saturated carbocycles. The van der Waals surface area contributed by atoms with Crippen LogP contribution >= 0.6 is 0 Å². The second-order valence-electron chi connectivity index (χ2n) is 4.11. The van der Waals surface area contributed by atoms with Crippen molar-refractivity contribution in [3.05, 3.63) is 24.4 Å². The number of aromatic nitrogens is 1. The van der Waals surface area contributed by atoms with E-state index in [0.29, 0.717) is 5.82 Å². The fraction of sp³-hybridized carbons (Fsp3) is 0.455. The van der Waals surface area contributed by atoms with Crippen LogP contribution in [0, 0.1) is 0 Å². The minimum Gasteiger partial charge on any atom is -0.363 e. The summed E-state index contributed by atoms with van der Waals surface area (Å²) in [6.45, 7) is 3.64. The lowest BCUT2D eigenvalue weighted by Gasteiger charge is -2.38. The molecule has 2 N–H and O–H groups in total. The fourth-order valence-corrected chi connectivity index (χ4v) is 1.43. The van der Waals surface area contributed by atoms with Crippen molar-refractivity contribution in [3.8, 4) is 0 Å². The highest BCUT2D eigenvalue weighted by Crippen LogP contribution is 2.14. The van der Waals surface area contributed by atoms with Crippen molar-refractivity contribution in [1.29, 1.82) is 0 Å². The second kappa shape index (κ2) is 4.59. The molecule has 0 bridgehead atoms. The Hall–Kier alpha value is -1.46. The normalized spacial score (nSPS) is 17.6. The molecule has 0 unspecified atom stereocenters. The molecule has 16 heavy (non-hydrogen) atoms. The van der Waals surface area contributed by atoms with Crippen molar-refractivity contribution >= 4 is 11.7 Å². The van der Waals surface area contributed by atoms with Gasteiger partial charge in [0.1, 0.15) is 12.4 Å². The predicted octanol–water partition coefficient (Wildman–Crippen LogP) is 0.399. The number of rotatable bonds is 4. The molecule has 1 fully saturated rings. The highest BCUT2D eigenvalue weighted by atomic mass is 16.5. The van der Waals surface area contributed by atoms with E-state index in [1.807, 2.05) is 13.0 Å². The van der Waals surface area contributed by atoms with Gasteiger partial charge in [-0.1, -0.05) is 6.07 Å². The first kappa shape index (κ1) is 11.0. The summed E-state index contributed by atoms with van der Waals surface area (Å²) in [5.74, 6) is 0.375. The first-order valence-corrected chi connectivity index (χ1v) is 5.24. The molecule has 1 aromatic rings. The third-order valence-corrected chi connectivity index (χ3v) is 2.48. The maximum atomic E-state index is 11.5. The largest absolute Gasteiger partial charge is 0.363 e. The summed E-state index contributed by atoms with van der Waals surface area (Å²) < 4.78 is 5.50. The van der Waals surface area contributed by atoms with Crippen molar-refractivity contribution in [2.24, 2.45) is 0 Å². The van der Waals surface area contributed by atoms with Crippen molar-refractivity contribution < 1.29 is 9.53 Å². The molecule has 5 heteroatoms. The van der Waals surface area contributed by atoms with Gasteiger partial charge in [-0.3, -0.25) is 4.79 Å². The molecule has 0 spiro atoms. The van der Waals surface area contributed by atoms with Crippen LogP contribution in [0.15, 0.2) is 24.4 Å². The van der Waals surface area contributed by atoms with E-state index in [-0.39, 0.29) is 18.1 Å². The Morgan fingerprint density at radius 1 is 1.62 bits per heavy atom. The van der Waals surface area contributed by atoms with Crippen molar-refractivity contribution in [3.63, 3.8) is 0 Å². The van der Waals surface area contributed by atoms with Crippen molar-refractivity contribution in [2.45, 2.75) is 12.5 Å². The summed E-state index contributed by atoms with van der Waals surface area (Å²) in [5.41, 5.74) is -0.193. The van der Waals surface area contributed by atoms with Crippen LogP contribution in [-0.2, 0) is 9.53 Å². The van der Waals surface area contributed by atoms with Gasteiger partial charge in [-0.05, 0) is 19.1 Å². The highest BCUT2D eigenvalue weighted by molar-refractivity contribution is 5.90. The van der Waals surface area contributed by atoms with Crippen LogP contribution in [-0.4, -0.2) is 36.2 Å².